The number of hydrogen-bond donors (Lipinski definition) is 0. The Morgan fingerprint density at radius 2 is 1.83 bits per heavy atom. The fraction of sp³-hybridized carbons (Fsp3) is 0.333. The van der Waals surface area contributed by atoms with Crippen molar-refractivity contribution in [2.24, 2.45) is 4.99 Å². The summed E-state index contributed by atoms with van der Waals surface area (Å²) in [5.74, 6) is 1.04. The second-order valence-electron chi connectivity index (χ2n) is 7.18. The molecule has 2 aromatic rings. The normalized spacial score (nSPS) is 23.4. The summed E-state index contributed by atoms with van der Waals surface area (Å²) in [6.07, 6.45) is 0. The molecular weight excluding hydrogens is 424 g/mol. The standard InChI is InChI=1S/C21H22N2O5S2/c1-27-17-9-8-14(10-18(17)28-2)11-23-16-12-30(25,26)13-19(16)29-21(23)22-20(24)15-6-4-3-5-7-15/h3-10,16,19H,11-13H2,1-2H3/t16-,19-/m1/s1. The van der Waals surface area contributed by atoms with Gasteiger partial charge in [0, 0.05) is 17.4 Å². The monoisotopic (exact) mass is 446 g/mol. The molecular formula is C21H22N2O5S2. The van der Waals surface area contributed by atoms with Gasteiger partial charge in [-0.1, -0.05) is 36.0 Å². The molecule has 0 bridgehead atoms. The molecule has 2 heterocycles. The molecule has 1 amide bonds. The van der Waals surface area contributed by atoms with Crippen LogP contribution in [0.4, 0.5) is 0 Å². The van der Waals surface area contributed by atoms with Gasteiger partial charge in [0.25, 0.3) is 5.91 Å². The van der Waals surface area contributed by atoms with Gasteiger partial charge in [0.2, 0.25) is 0 Å². The van der Waals surface area contributed by atoms with Gasteiger partial charge in [-0.25, -0.2) is 8.42 Å². The number of hydrogen-bond acceptors (Lipinski definition) is 6. The molecule has 0 N–H and O–H groups in total. The number of amidine groups is 1. The van der Waals surface area contributed by atoms with Gasteiger partial charge in [0.05, 0.1) is 31.8 Å². The van der Waals surface area contributed by atoms with Crippen molar-refractivity contribution in [1.82, 2.24) is 4.90 Å². The predicted octanol–water partition coefficient (Wildman–Crippen LogP) is 2.61. The Morgan fingerprint density at radius 1 is 1.10 bits per heavy atom. The van der Waals surface area contributed by atoms with Crippen molar-refractivity contribution < 1.29 is 22.7 Å². The number of ether oxygens (including phenoxy) is 2. The van der Waals surface area contributed by atoms with Crippen molar-refractivity contribution >= 4 is 32.7 Å². The summed E-state index contributed by atoms with van der Waals surface area (Å²) in [6.45, 7) is 0.422. The number of rotatable bonds is 5. The summed E-state index contributed by atoms with van der Waals surface area (Å²) in [5.41, 5.74) is 1.42. The van der Waals surface area contributed by atoms with E-state index >= 15 is 0 Å². The summed E-state index contributed by atoms with van der Waals surface area (Å²) in [6, 6.07) is 14.2. The van der Waals surface area contributed by atoms with Crippen LogP contribution in [0.3, 0.4) is 0 Å². The maximum Gasteiger partial charge on any atom is 0.279 e. The Bertz CT molecular complexity index is 1090. The van der Waals surface area contributed by atoms with Gasteiger partial charge in [0.1, 0.15) is 0 Å². The Hall–Kier alpha value is -2.52. The van der Waals surface area contributed by atoms with Crippen molar-refractivity contribution in [1.29, 1.82) is 0 Å². The number of fused-ring (bicyclic) bond motifs is 1. The first kappa shape index (κ1) is 20.7. The molecule has 0 unspecified atom stereocenters. The minimum atomic E-state index is -3.11. The second kappa shape index (κ2) is 8.31. The number of aliphatic imine (C=N–C) groups is 1. The number of amides is 1. The van der Waals surface area contributed by atoms with E-state index in [0.29, 0.717) is 28.8 Å². The lowest BCUT2D eigenvalue weighted by molar-refractivity contribution is 0.100. The largest absolute Gasteiger partial charge is 0.493 e. The van der Waals surface area contributed by atoms with Crippen molar-refractivity contribution in [3.8, 4) is 11.5 Å². The molecule has 7 nitrogen and oxygen atoms in total. The maximum atomic E-state index is 12.6. The molecule has 2 saturated heterocycles. The van der Waals surface area contributed by atoms with Crippen LogP contribution in [-0.2, 0) is 16.4 Å². The number of methoxy groups -OCH3 is 2. The molecule has 0 aromatic heterocycles. The number of thioether (sulfide) groups is 1. The molecule has 2 fully saturated rings. The first-order valence-electron chi connectivity index (χ1n) is 9.43. The molecule has 4 rings (SSSR count). The van der Waals surface area contributed by atoms with Crippen molar-refractivity contribution in [3.63, 3.8) is 0 Å². The molecule has 0 saturated carbocycles. The molecule has 2 aliphatic heterocycles. The van der Waals surface area contributed by atoms with E-state index in [4.69, 9.17) is 9.47 Å². The van der Waals surface area contributed by atoms with Crippen LogP contribution in [0.2, 0.25) is 0 Å². The van der Waals surface area contributed by atoms with Crippen molar-refractivity contribution in [3.05, 3.63) is 59.7 Å². The number of carbonyl (C=O) groups is 1. The third kappa shape index (κ3) is 4.17. The third-order valence-electron chi connectivity index (χ3n) is 5.19. The minimum absolute atomic E-state index is 0.0660. The molecule has 0 radical (unpaired) electrons. The molecule has 2 aromatic carbocycles. The number of sulfone groups is 1. The number of benzene rings is 2. The van der Waals surface area contributed by atoms with Gasteiger partial charge < -0.3 is 14.4 Å². The Morgan fingerprint density at radius 3 is 2.53 bits per heavy atom. The topological polar surface area (TPSA) is 85.3 Å². The molecule has 2 atom stereocenters. The molecule has 2 aliphatic rings. The quantitative estimate of drug-likeness (QED) is 0.698. The van der Waals surface area contributed by atoms with Crippen molar-refractivity contribution in [2.75, 3.05) is 25.7 Å². The van der Waals surface area contributed by atoms with Crippen molar-refractivity contribution in [2.45, 2.75) is 17.8 Å². The zero-order valence-corrected chi connectivity index (χ0v) is 18.3. The summed E-state index contributed by atoms with van der Waals surface area (Å²) < 4.78 is 35.1. The highest BCUT2D eigenvalue weighted by molar-refractivity contribution is 8.15. The highest BCUT2D eigenvalue weighted by Crippen LogP contribution is 2.39. The predicted molar refractivity (Wildman–Crippen MR) is 117 cm³/mol. The molecule has 0 aliphatic carbocycles. The first-order valence-corrected chi connectivity index (χ1v) is 12.1. The number of nitrogens with zero attached hydrogens (tertiary/aromatic N) is 2. The van der Waals surface area contributed by atoms with E-state index in [-0.39, 0.29) is 28.7 Å². The minimum Gasteiger partial charge on any atom is -0.493 e. The molecule has 9 heteroatoms. The van der Waals surface area contributed by atoms with Gasteiger partial charge in [-0.05, 0) is 29.8 Å². The van der Waals surface area contributed by atoms with Crippen LogP contribution in [0.1, 0.15) is 15.9 Å². The van der Waals surface area contributed by atoms with Gasteiger partial charge in [-0.3, -0.25) is 4.79 Å². The highest BCUT2D eigenvalue weighted by atomic mass is 32.2. The lowest BCUT2D eigenvalue weighted by Gasteiger charge is -2.25. The van der Waals surface area contributed by atoms with E-state index in [0.717, 1.165) is 5.56 Å². The zero-order chi connectivity index (χ0) is 21.3. The van der Waals surface area contributed by atoms with Gasteiger partial charge >= 0.3 is 0 Å². The lowest BCUT2D eigenvalue weighted by atomic mass is 10.1. The SMILES string of the molecule is COc1ccc(CN2C(=NC(=O)c3ccccc3)S[C@@H]3CS(=O)(=O)C[C@H]32)cc1OC. The average molecular weight is 447 g/mol. The summed E-state index contributed by atoms with van der Waals surface area (Å²) in [7, 11) is 0.0344. The zero-order valence-electron chi connectivity index (χ0n) is 16.6. The van der Waals surface area contributed by atoms with E-state index in [1.807, 2.05) is 29.2 Å². The van der Waals surface area contributed by atoms with Crippen LogP contribution in [0.15, 0.2) is 53.5 Å². The van der Waals surface area contributed by atoms with Crippen LogP contribution < -0.4 is 9.47 Å². The Balaban J connectivity index is 1.65. The van der Waals surface area contributed by atoms with Crippen LogP contribution in [-0.4, -0.2) is 61.4 Å². The van der Waals surface area contributed by atoms with Crippen LogP contribution in [0, 0.1) is 0 Å². The molecule has 0 spiro atoms. The molecule has 30 heavy (non-hydrogen) atoms. The van der Waals surface area contributed by atoms with Gasteiger partial charge in [0.15, 0.2) is 26.5 Å². The van der Waals surface area contributed by atoms with Crippen LogP contribution in [0.25, 0.3) is 0 Å². The third-order valence-corrected chi connectivity index (χ3v) is 8.44. The summed E-state index contributed by atoms with van der Waals surface area (Å²) in [5, 5.41) is 0.431. The maximum absolute atomic E-state index is 12.6. The van der Waals surface area contributed by atoms with E-state index < -0.39 is 9.84 Å². The highest BCUT2D eigenvalue weighted by Gasteiger charge is 2.48. The second-order valence-corrected chi connectivity index (χ2v) is 10.5. The van der Waals surface area contributed by atoms with Crippen LogP contribution >= 0.6 is 11.8 Å². The summed E-state index contributed by atoms with van der Waals surface area (Å²) >= 11 is 1.37. The van der Waals surface area contributed by atoms with E-state index in [1.54, 1.807) is 38.5 Å². The smallest absolute Gasteiger partial charge is 0.279 e. The Labute approximate surface area is 180 Å². The number of carbonyl (C=O) groups excluding carboxylic acids is 1. The van der Waals surface area contributed by atoms with E-state index in [9.17, 15) is 13.2 Å². The fourth-order valence-electron chi connectivity index (χ4n) is 3.73. The first-order chi connectivity index (χ1) is 14.4. The molecule has 158 valence electrons. The van der Waals surface area contributed by atoms with Crippen LogP contribution in [0.5, 0.6) is 11.5 Å². The average Bonchev–Trinajstić information content (AvgIpc) is 3.20. The fourth-order valence-corrected chi connectivity index (χ4v) is 7.68. The Kier molecular flexibility index (Phi) is 5.75. The van der Waals surface area contributed by atoms with E-state index in [2.05, 4.69) is 4.99 Å². The summed E-state index contributed by atoms with van der Waals surface area (Å²) in [4.78, 5) is 18.9. The van der Waals surface area contributed by atoms with Gasteiger partial charge in [-0.15, -0.1) is 0 Å². The van der Waals surface area contributed by atoms with Gasteiger partial charge in [-0.2, -0.15) is 4.99 Å². The van der Waals surface area contributed by atoms with E-state index in [1.165, 1.54) is 11.8 Å². The lowest BCUT2D eigenvalue weighted by Crippen LogP contribution is -2.37.